The largest absolute Gasteiger partial charge is 0.480 e. The topological polar surface area (TPSA) is 102 Å². The Labute approximate surface area is 155 Å². The lowest BCUT2D eigenvalue weighted by molar-refractivity contribution is 0.387. The fourth-order valence-electron chi connectivity index (χ4n) is 2.53. The van der Waals surface area contributed by atoms with Gasteiger partial charge in [-0.1, -0.05) is 26.0 Å². The van der Waals surface area contributed by atoms with E-state index in [0.29, 0.717) is 17.6 Å². The van der Waals surface area contributed by atoms with Crippen LogP contribution in [0.3, 0.4) is 0 Å². The monoisotopic (exact) mass is 393 g/mol. The highest BCUT2D eigenvalue weighted by molar-refractivity contribution is 7.92. The van der Waals surface area contributed by atoms with E-state index in [4.69, 9.17) is 4.74 Å². The number of rotatable bonds is 6. The van der Waals surface area contributed by atoms with Crippen molar-refractivity contribution in [3.05, 3.63) is 46.0 Å². The van der Waals surface area contributed by atoms with E-state index in [-0.39, 0.29) is 21.8 Å². The zero-order chi connectivity index (χ0) is 18.9. The van der Waals surface area contributed by atoms with Crippen molar-refractivity contribution < 1.29 is 13.2 Å². The molecule has 138 valence electrons. The zero-order valence-corrected chi connectivity index (χ0v) is 16.3. The predicted octanol–water partition coefficient (Wildman–Crippen LogP) is 2.56. The Bertz CT molecular complexity index is 1070. The molecule has 2 aromatic heterocycles. The molecule has 0 aliphatic heterocycles. The summed E-state index contributed by atoms with van der Waals surface area (Å²) in [5.41, 5.74) is 0.693. The lowest BCUT2D eigenvalue weighted by Crippen LogP contribution is -2.21. The lowest BCUT2D eigenvalue weighted by Gasteiger charge is -2.10. The maximum atomic E-state index is 12.8. The van der Waals surface area contributed by atoms with Crippen LogP contribution in [-0.2, 0) is 22.0 Å². The number of fused-ring (bicyclic) bond motifs is 1. The van der Waals surface area contributed by atoms with E-state index >= 15 is 0 Å². The van der Waals surface area contributed by atoms with Gasteiger partial charge in [0.15, 0.2) is 0 Å². The summed E-state index contributed by atoms with van der Waals surface area (Å²) in [5, 5.41) is 0. The van der Waals surface area contributed by atoms with Crippen molar-refractivity contribution >= 4 is 31.4 Å². The number of aromatic amines is 1. The Hall–Kier alpha value is -2.26. The van der Waals surface area contributed by atoms with E-state index in [1.54, 1.807) is 12.1 Å². The van der Waals surface area contributed by atoms with E-state index in [1.165, 1.54) is 7.11 Å². The van der Waals surface area contributed by atoms with Crippen LogP contribution in [-0.4, -0.2) is 30.5 Å². The molecule has 0 spiro atoms. The van der Waals surface area contributed by atoms with E-state index in [2.05, 4.69) is 15.0 Å². The molecule has 2 heterocycles. The second-order valence-corrected chi connectivity index (χ2v) is 9.50. The third-order valence-corrected chi connectivity index (χ3v) is 6.83. The van der Waals surface area contributed by atoms with Crippen LogP contribution in [0.4, 0.5) is 0 Å². The summed E-state index contributed by atoms with van der Waals surface area (Å²) in [6.07, 6.45) is 0.483. The van der Waals surface area contributed by atoms with Crippen LogP contribution in [0.25, 0.3) is 10.2 Å². The number of para-hydroxylation sites is 1. The Morgan fingerprint density at radius 3 is 2.62 bits per heavy atom. The number of hydrogen-bond donors (Lipinski definition) is 1. The molecular weight excluding hydrogens is 374 g/mol. The molecule has 1 N–H and O–H groups in total. The number of thiazole rings is 1. The van der Waals surface area contributed by atoms with Gasteiger partial charge in [0, 0.05) is 0 Å². The van der Waals surface area contributed by atoms with Gasteiger partial charge in [-0.3, -0.25) is 4.79 Å². The van der Waals surface area contributed by atoms with Crippen LogP contribution in [0.1, 0.15) is 25.2 Å². The van der Waals surface area contributed by atoms with Crippen molar-refractivity contribution in [3.8, 4) is 5.88 Å². The molecule has 0 fully saturated rings. The maximum Gasteiger partial charge on any atom is 0.270 e. The van der Waals surface area contributed by atoms with Gasteiger partial charge in [0.2, 0.25) is 20.1 Å². The Kier molecular flexibility index (Phi) is 5.10. The van der Waals surface area contributed by atoms with Gasteiger partial charge in [-0.15, -0.1) is 11.3 Å². The van der Waals surface area contributed by atoms with E-state index in [9.17, 15) is 13.2 Å². The van der Waals surface area contributed by atoms with Gasteiger partial charge in [0.05, 0.1) is 23.0 Å². The van der Waals surface area contributed by atoms with Gasteiger partial charge in [-0.25, -0.2) is 18.4 Å². The second-order valence-electron chi connectivity index (χ2n) is 6.31. The number of ether oxygens (including phenoxy) is 1. The first-order valence-corrected chi connectivity index (χ1v) is 10.5. The van der Waals surface area contributed by atoms with Crippen LogP contribution >= 0.6 is 11.3 Å². The first-order chi connectivity index (χ1) is 12.3. The Morgan fingerprint density at radius 1 is 1.23 bits per heavy atom. The molecule has 26 heavy (non-hydrogen) atoms. The molecule has 7 nitrogen and oxygen atoms in total. The first kappa shape index (κ1) is 18.5. The molecule has 1 aromatic carbocycles. The molecule has 0 amide bonds. The summed E-state index contributed by atoms with van der Waals surface area (Å²) in [6.45, 7) is 3.94. The fourth-order valence-corrected chi connectivity index (χ4v) is 5.12. The average molecular weight is 393 g/mol. The summed E-state index contributed by atoms with van der Waals surface area (Å²) in [7, 11) is -2.35. The summed E-state index contributed by atoms with van der Waals surface area (Å²) < 4.78 is 31.5. The van der Waals surface area contributed by atoms with Gasteiger partial charge in [-0.05, 0) is 24.5 Å². The average Bonchev–Trinajstić information content (AvgIpc) is 3.01. The maximum absolute atomic E-state index is 12.8. The zero-order valence-electron chi connectivity index (χ0n) is 14.6. The molecule has 9 heteroatoms. The van der Waals surface area contributed by atoms with Gasteiger partial charge >= 0.3 is 0 Å². The molecular formula is C17H19N3O4S2. The highest BCUT2D eigenvalue weighted by Crippen LogP contribution is 2.28. The SMILES string of the molecule is COc1nc(CC(C)C)c(=O)[nH]c1CS(=O)(=O)c1nc2ccccc2s1. The molecule has 0 aliphatic carbocycles. The van der Waals surface area contributed by atoms with E-state index in [0.717, 1.165) is 16.0 Å². The van der Waals surface area contributed by atoms with Gasteiger partial charge in [-0.2, -0.15) is 0 Å². The summed E-state index contributed by atoms with van der Waals surface area (Å²) in [4.78, 5) is 23.2. The minimum Gasteiger partial charge on any atom is -0.480 e. The molecule has 0 aliphatic rings. The number of sulfone groups is 1. The summed E-state index contributed by atoms with van der Waals surface area (Å²) >= 11 is 1.10. The van der Waals surface area contributed by atoms with Crippen molar-refractivity contribution in [2.45, 2.75) is 30.4 Å². The van der Waals surface area contributed by atoms with Crippen molar-refractivity contribution in [3.63, 3.8) is 0 Å². The van der Waals surface area contributed by atoms with Crippen LogP contribution in [0.15, 0.2) is 33.4 Å². The fraction of sp³-hybridized carbons (Fsp3) is 0.353. The Balaban J connectivity index is 1.98. The predicted molar refractivity (Wildman–Crippen MR) is 100 cm³/mol. The van der Waals surface area contributed by atoms with Gasteiger partial charge < -0.3 is 9.72 Å². The quantitative estimate of drug-likeness (QED) is 0.690. The van der Waals surface area contributed by atoms with E-state index < -0.39 is 21.1 Å². The van der Waals surface area contributed by atoms with Crippen molar-refractivity contribution in [1.29, 1.82) is 0 Å². The molecule has 3 rings (SSSR count). The number of H-pyrrole nitrogens is 1. The van der Waals surface area contributed by atoms with Crippen molar-refractivity contribution in [2.75, 3.05) is 7.11 Å². The Morgan fingerprint density at radius 2 is 1.96 bits per heavy atom. The van der Waals surface area contributed by atoms with Crippen molar-refractivity contribution in [1.82, 2.24) is 15.0 Å². The molecule has 0 saturated carbocycles. The highest BCUT2D eigenvalue weighted by atomic mass is 32.2. The highest BCUT2D eigenvalue weighted by Gasteiger charge is 2.24. The van der Waals surface area contributed by atoms with Gasteiger partial charge in [0.25, 0.3) is 5.56 Å². The third kappa shape index (κ3) is 3.78. The number of nitrogens with zero attached hydrogens (tertiary/aromatic N) is 2. The molecule has 3 aromatic rings. The van der Waals surface area contributed by atoms with Gasteiger partial charge in [0.1, 0.15) is 11.4 Å². The number of benzene rings is 1. The molecule has 0 atom stereocenters. The number of methoxy groups -OCH3 is 1. The van der Waals surface area contributed by atoms with Crippen LogP contribution in [0, 0.1) is 5.92 Å². The summed E-state index contributed by atoms with van der Waals surface area (Å²) in [5.74, 6) is -0.0734. The molecule has 0 radical (unpaired) electrons. The van der Waals surface area contributed by atoms with Crippen LogP contribution in [0.5, 0.6) is 5.88 Å². The normalized spacial score (nSPS) is 12.0. The van der Waals surface area contributed by atoms with Crippen molar-refractivity contribution in [2.24, 2.45) is 5.92 Å². The molecule has 0 unspecified atom stereocenters. The van der Waals surface area contributed by atoms with E-state index in [1.807, 2.05) is 26.0 Å². The minimum absolute atomic E-state index is 0.00728. The van der Waals surface area contributed by atoms with Crippen LogP contribution < -0.4 is 10.3 Å². The summed E-state index contributed by atoms with van der Waals surface area (Å²) in [6, 6.07) is 7.21. The first-order valence-electron chi connectivity index (χ1n) is 8.04. The lowest BCUT2D eigenvalue weighted by atomic mass is 10.1. The second kappa shape index (κ2) is 7.16. The minimum atomic E-state index is -3.74. The standard InChI is InChI=1S/C17H19N3O4S2/c1-10(2)8-12-15(21)18-13(16(19-12)24-3)9-26(22,23)17-20-11-6-4-5-7-14(11)25-17/h4-7,10H,8-9H2,1-3H3,(H,18,21). The van der Waals surface area contributed by atoms with Crippen LogP contribution in [0.2, 0.25) is 0 Å². The number of nitrogens with one attached hydrogen (secondary N) is 1. The number of aromatic nitrogens is 3. The third-order valence-electron chi connectivity index (χ3n) is 3.69. The molecule has 0 bridgehead atoms. The number of hydrogen-bond acceptors (Lipinski definition) is 7. The smallest absolute Gasteiger partial charge is 0.270 e. The molecule has 0 saturated heterocycles.